The number of hydrogen-bond donors (Lipinski definition) is 2. The van der Waals surface area contributed by atoms with E-state index in [4.69, 9.17) is 24.7 Å². The highest BCUT2D eigenvalue weighted by molar-refractivity contribution is 5.97. The molecule has 3 aliphatic heterocycles. The lowest BCUT2D eigenvalue weighted by molar-refractivity contribution is -0.119. The molecule has 0 aliphatic carbocycles. The maximum atomic E-state index is 11.0. The number of para-hydroxylation sites is 2. The predicted octanol–water partition coefficient (Wildman–Crippen LogP) is 1.29. The van der Waals surface area contributed by atoms with Gasteiger partial charge in [0.2, 0.25) is 12.2 Å². The molecule has 2 aromatic rings. The number of nitrogens with zero attached hydrogens (tertiary/aromatic N) is 2. The zero-order chi connectivity index (χ0) is 22.1. The van der Waals surface area contributed by atoms with Crippen LogP contribution in [0.1, 0.15) is 11.1 Å². The molecule has 166 valence electrons. The molecule has 2 unspecified atom stereocenters. The maximum absolute atomic E-state index is 11.0. The number of primary amides is 1. The van der Waals surface area contributed by atoms with Crippen molar-refractivity contribution in [2.24, 2.45) is 10.7 Å². The monoisotopic (exact) mass is 437 g/mol. The molecule has 0 saturated carbocycles. The second-order valence-electron chi connectivity index (χ2n) is 7.67. The zero-order valence-corrected chi connectivity index (χ0v) is 17.3. The molecule has 32 heavy (non-hydrogen) atoms. The summed E-state index contributed by atoms with van der Waals surface area (Å²) in [4.78, 5) is 17.0. The molecule has 0 bridgehead atoms. The van der Waals surface area contributed by atoms with Crippen LogP contribution in [0, 0.1) is 0 Å². The molecule has 0 spiro atoms. The smallest absolute Gasteiger partial charge is 0.255 e. The number of hydrogen-bond acceptors (Lipinski definition) is 8. The Morgan fingerprint density at radius 1 is 1.22 bits per heavy atom. The summed E-state index contributed by atoms with van der Waals surface area (Å²) in [6, 6.07) is 13.0. The first-order valence-corrected chi connectivity index (χ1v) is 10.4. The van der Waals surface area contributed by atoms with Crippen molar-refractivity contribution in [1.29, 1.82) is 0 Å². The molecule has 9 nitrogen and oxygen atoms in total. The molecule has 0 fully saturated rings. The number of carbonyl (C=O) groups excluding carboxylic acids is 1. The summed E-state index contributed by atoms with van der Waals surface area (Å²) in [5, 5.41) is 10.6. The lowest BCUT2D eigenvalue weighted by atomic mass is 9.95. The average molecular weight is 437 g/mol. The number of nitrogens with two attached hydrogens (primary N) is 1. The first-order valence-electron chi connectivity index (χ1n) is 10.4. The van der Waals surface area contributed by atoms with Crippen LogP contribution in [0.3, 0.4) is 0 Å². The van der Waals surface area contributed by atoms with Gasteiger partial charge in [0, 0.05) is 18.2 Å². The number of benzene rings is 2. The molecule has 3 heterocycles. The van der Waals surface area contributed by atoms with Crippen molar-refractivity contribution in [2.75, 3.05) is 26.4 Å². The Morgan fingerprint density at radius 2 is 2.06 bits per heavy atom. The fraction of sp³-hybridized carbons (Fsp3) is 0.304. The second kappa shape index (κ2) is 8.43. The van der Waals surface area contributed by atoms with Crippen LogP contribution in [0.5, 0.6) is 17.2 Å². The Hall–Kier alpha value is -3.72. The van der Waals surface area contributed by atoms with Crippen molar-refractivity contribution in [3.05, 3.63) is 59.7 Å². The van der Waals surface area contributed by atoms with Crippen LogP contribution in [0.4, 0.5) is 0 Å². The van der Waals surface area contributed by atoms with Crippen molar-refractivity contribution in [1.82, 2.24) is 4.90 Å². The lowest BCUT2D eigenvalue weighted by Crippen LogP contribution is -2.41. The predicted molar refractivity (Wildman–Crippen MR) is 115 cm³/mol. The lowest BCUT2D eigenvalue weighted by Gasteiger charge is -2.37. The summed E-state index contributed by atoms with van der Waals surface area (Å²) in [5.41, 5.74) is 7.96. The Bertz CT molecular complexity index is 1100. The summed E-state index contributed by atoms with van der Waals surface area (Å²) < 4.78 is 22.9. The average Bonchev–Trinajstić information content (AvgIpc) is 2.81. The van der Waals surface area contributed by atoms with Crippen LogP contribution in [0.15, 0.2) is 53.5 Å². The van der Waals surface area contributed by atoms with Crippen LogP contribution in [-0.2, 0) is 16.0 Å². The third kappa shape index (κ3) is 4.06. The van der Waals surface area contributed by atoms with E-state index in [0.717, 1.165) is 16.8 Å². The molecule has 5 rings (SSSR count). The van der Waals surface area contributed by atoms with E-state index in [-0.39, 0.29) is 19.3 Å². The molecule has 2 atom stereocenters. The van der Waals surface area contributed by atoms with Crippen LogP contribution in [0.2, 0.25) is 0 Å². The standard InChI is InChI=1S/C23H23N3O6/c24-21(27)13-29-15-5-6-17-14(9-15)7-8-26-18(17)10-22(25-23(26)28)31-12-16-11-30-19-3-1-2-4-20(19)32-16/h1-6,9-10,16,23,28H,7-8,11-13H2,(H2,24,27). The van der Waals surface area contributed by atoms with Gasteiger partial charge < -0.3 is 34.7 Å². The summed E-state index contributed by atoms with van der Waals surface area (Å²) in [6.45, 7) is 1.02. The normalized spacial score (nSPS) is 21.0. The Morgan fingerprint density at radius 3 is 2.91 bits per heavy atom. The SMILES string of the molecule is NC(=O)COc1ccc2c(c1)CCN1C2=CC(OCC2COc3ccccc3O2)=NC1O. The summed E-state index contributed by atoms with van der Waals surface area (Å²) >= 11 is 0. The van der Waals surface area contributed by atoms with Crippen molar-refractivity contribution in [3.63, 3.8) is 0 Å². The van der Waals surface area contributed by atoms with Crippen LogP contribution in [0.25, 0.3) is 5.70 Å². The fourth-order valence-electron chi connectivity index (χ4n) is 3.93. The second-order valence-corrected chi connectivity index (χ2v) is 7.67. The molecule has 0 aromatic heterocycles. The fourth-order valence-corrected chi connectivity index (χ4v) is 3.93. The van der Waals surface area contributed by atoms with Gasteiger partial charge in [-0.15, -0.1) is 0 Å². The van der Waals surface area contributed by atoms with Gasteiger partial charge in [0.25, 0.3) is 5.91 Å². The van der Waals surface area contributed by atoms with Crippen molar-refractivity contribution >= 4 is 17.5 Å². The van der Waals surface area contributed by atoms with E-state index in [2.05, 4.69) is 4.99 Å². The highest BCUT2D eigenvalue weighted by Crippen LogP contribution is 2.35. The van der Waals surface area contributed by atoms with Gasteiger partial charge in [-0.2, -0.15) is 4.99 Å². The number of amides is 1. The first-order chi connectivity index (χ1) is 15.6. The molecule has 1 amide bonds. The zero-order valence-electron chi connectivity index (χ0n) is 17.3. The minimum Gasteiger partial charge on any atom is -0.486 e. The van der Waals surface area contributed by atoms with E-state index in [0.29, 0.717) is 42.7 Å². The Kier molecular flexibility index (Phi) is 5.32. The van der Waals surface area contributed by atoms with E-state index in [9.17, 15) is 9.90 Å². The Balaban J connectivity index is 1.29. The van der Waals surface area contributed by atoms with Crippen LogP contribution < -0.4 is 19.9 Å². The summed E-state index contributed by atoms with van der Waals surface area (Å²) in [6.07, 6.45) is 1.19. The van der Waals surface area contributed by atoms with Gasteiger partial charge in [-0.25, -0.2) is 0 Å². The molecule has 9 heteroatoms. The van der Waals surface area contributed by atoms with E-state index in [1.54, 1.807) is 6.07 Å². The van der Waals surface area contributed by atoms with Crippen LogP contribution >= 0.6 is 0 Å². The minimum absolute atomic E-state index is 0.172. The number of aliphatic imine (C=N–C) groups is 1. The third-order valence-electron chi connectivity index (χ3n) is 5.43. The third-order valence-corrected chi connectivity index (χ3v) is 5.43. The van der Waals surface area contributed by atoms with E-state index < -0.39 is 12.3 Å². The largest absolute Gasteiger partial charge is 0.486 e. The van der Waals surface area contributed by atoms with Gasteiger partial charge in [-0.3, -0.25) is 4.79 Å². The highest BCUT2D eigenvalue weighted by Gasteiger charge is 2.30. The number of aliphatic hydroxyl groups excluding tert-OH is 1. The molecular weight excluding hydrogens is 414 g/mol. The van der Waals surface area contributed by atoms with Crippen molar-refractivity contribution in [3.8, 4) is 17.2 Å². The molecule has 2 aromatic carbocycles. The highest BCUT2D eigenvalue weighted by atomic mass is 16.6. The Labute approximate surface area is 184 Å². The topological polar surface area (TPSA) is 116 Å². The number of aliphatic hydroxyl groups is 1. The van der Waals surface area contributed by atoms with E-state index in [1.165, 1.54) is 0 Å². The number of rotatable bonds is 5. The van der Waals surface area contributed by atoms with Gasteiger partial charge >= 0.3 is 0 Å². The van der Waals surface area contributed by atoms with Gasteiger partial charge in [-0.1, -0.05) is 12.1 Å². The van der Waals surface area contributed by atoms with Gasteiger partial charge in [0.15, 0.2) is 24.2 Å². The quantitative estimate of drug-likeness (QED) is 0.724. The first kappa shape index (κ1) is 20.2. The number of fused-ring (bicyclic) bond motifs is 4. The van der Waals surface area contributed by atoms with Crippen molar-refractivity contribution < 1.29 is 28.8 Å². The van der Waals surface area contributed by atoms with Crippen molar-refractivity contribution in [2.45, 2.75) is 18.9 Å². The number of carbonyl (C=O) groups is 1. The van der Waals surface area contributed by atoms with E-state index >= 15 is 0 Å². The van der Waals surface area contributed by atoms with Gasteiger partial charge in [-0.05, 0) is 42.3 Å². The summed E-state index contributed by atoms with van der Waals surface area (Å²) in [7, 11) is 0. The molecule has 3 N–H and O–H groups in total. The summed E-state index contributed by atoms with van der Waals surface area (Å²) in [5.74, 6) is 1.77. The minimum atomic E-state index is -1.03. The van der Waals surface area contributed by atoms with Crippen LogP contribution in [-0.4, -0.2) is 60.6 Å². The maximum Gasteiger partial charge on any atom is 0.255 e. The number of ether oxygens (including phenoxy) is 4. The van der Waals surface area contributed by atoms with Gasteiger partial charge in [0.05, 0.1) is 5.70 Å². The van der Waals surface area contributed by atoms with E-state index in [1.807, 2.05) is 47.4 Å². The van der Waals surface area contributed by atoms with Gasteiger partial charge in [0.1, 0.15) is 19.0 Å². The molecular formula is C23H23N3O6. The molecule has 0 radical (unpaired) electrons. The molecule has 0 saturated heterocycles. The molecule has 3 aliphatic rings.